The summed E-state index contributed by atoms with van der Waals surface area (Å²) in [7, 11) is 0. The van der Waals surface area contributed by atoms with Gasteiger partial charge in [-0.3, -0.25) is 0 Å². The summed E-state index contributed by atoms with van der Waals surface area (Å²) in [5.41, 5.74) is 4.60. The Bertz CT molecular complexity index is 1090. The van der Waals surface area contributed by atoms with E-state index in [1.807, 2.05) is 12.1 Å². The molecule has 4 aromatic rings. The van der Waals surface area contributed by atoms with Crippen molar-refractivity contribution in [2.24, 2.45) is 0 Å². The Morgan fingerprint density at radius 1 is 0.862 bits per heavy atom. The summed E-state index contributed by atoms with van der Waals surface area (Å²) in [5, 5.41) is 16.5. The largest absolute Gasteiger partial charge is 0.389 e. The third kappa shape index (κ3) is 4.37. The Kier molecular flexibility index (Phi) is 6.00. The van der Waals surface area contributed by atoms with E-state index >= 15 is 0 Å². The van der Waals surface area contributed by atoms with E-state index in [1.54, 1.807) is 0 Å². The highest BCUT2D eigenvalue weighted by Gasteiger charge is 2.14. The van der Waals surface area contributed by atoms with Gasteiger partial charge in [0, 0.05) is 43.0 Å². The topological polar surface area (TPSA) is 37.2 Å². The van der Waals surface area contributed by atoms with Crippen molar-refractivity contribution < 1.29 is 5.11 Å². The molecule has 0 aliphatic rings. The van der Waals surface area contributed by atoms with Gasteiger partial charge in [-0.15, -0.1) is 0 Å². The number of hydrogen-bond acceptors (Lipinski definition) is 2. The van der Waals surface area contributed by atoms with Crippen molar-refractivity contribution in [3.05, 3.63) is 75.2 Å². The predicted octanol–water partition coefficient (Wildman–Crippen LogP) is 6.92. The van der Waals surface area contributed by atoms with Gasteiger partial charge in [0.1, 0.15) is 0 Å². The predicted molar refractivity (Wildman–Crippen MR) is 130 cm³/mol. The van der Waals surface area contributed by atoms with E-state index in [2.05, 4.69) is 104 Å². The fourth-order valence-corrected chi connectivity index (χ4v) is 4.46. The number of nitrogens with one attached hydrogen (secondary N) is 1. The van der Waals surface area contributed by atoms with E-state index in [9.17, 15) is 5.11 Å². The Hall–Kier alpha value is -1.82. The summed E-state index contributed by atoms with van der Waals surface area (Å²) >= 11 is 7.16. The maximum absolute atomic E-state index is 10.8. The second-order valence-electron chi connectivity index (χ2n) is 7.74. The number of hydrogen-bond donors (Lipinski definition) is 2. The molecule has 3 aromatic carbocycles. The van der Waals surface area contributed by atoms with E-state index < -0.39 is 6.10 Å². The first-order valence-electron chi connectivity index (χ1n) is 9.81. The van der Waals surface area contributed by atoms with Crippen molar-refractivity contribution >= 4 is 59.4 Å². The molecule has 1 aromatic heterocycles. The van der Waals surface area contributed by atoms with Crippen LogP contribution in [0.15, 0.2) is 69.6 Å². The van der Waals surface area contributed by atoms with Crippen LogP contribution in [0, 0.1) is 0 Å². The Labute approximate surface area is 188 Å². The smallest absolute Gasteiger partial charge is 0.0891 e. The lowest BCUT2D eigenvalue weighted by Gasteiger charge is -2.16. The molecule has 0 radical (unpaired) electrons. The number of fused-ring (bicyclic) bond motifs is 3. The van der Waals surface area contributed by atoms with Gasteiger partial charge in [0.25, 0.3) is 0 Å². The molecular formula is C24H24Br2N2O. The zero-order valence-corrected chi connectivity index (χ0v) is 19.7. The second-order valence-corrected chi connectivity index (χ2v) is 9.58. The number of aliphatic hydroxyl groups is 1. The van der Waals surface area contributed by atoms with Gasteiger partial charge in [0.2, 0.25) is 0 Å². The average molecular weight is 516 g/mol. The van der Waals surface area contributed by atoms with Crippen LogP contribution in [0.4, 0.5) is 5.69 Å². The quantitative estimate of drug-likeness (QED) is 0.292. The molecule has 0 spiro atoms. The number of anilines is 1. The summed E-state index contributed by atoms with van der Waals surface area (Å²) in [6.07, 6.45) is -0.508. The maximum atomic E-state index is 10.8. The monoisotopic (exact) mass is 514 g/mol. The molecule has 0 bridgehead atoms. The molecule has 1 heterocycles. The summed E-state index contributed by atoms with van der Waals surface area (Å²) in [4.78, 5) is 0. The van der Waals surface area contributed by atoms with Gasteiger partial charge in [0.05, 0.1) is 12.6 Å². The minimum Gasteiger partial charge on any atom is -0.389 e. The van der Waals surface area contributed by atoms with Crippen molar-refractivity contribution in [3.8, 4) is 0 Å². The molecule has 4 rings (SSSR count). The zero-order valence-electron chi connectivity index (χ0n) is 16.5. The summed E-state index contributed by atoms with van der Waals surface area (Å²) in [5.74, 6) is 0.519. The molecule has 150 valence electrons. The fraction of sp³-hybridized carbons (Fsp3) is 0.250. The molecule has 0 aliphatic heterocycles. The maximum Gasteiger partial charge on any atom is 0.0891 e. The molecule has 0 fully saturated rings. The van der Waals surface area contributed by atoms with Crippen LogP contribution in [-0.4, -0.2) is 22.3 Å². The van der Waals surface area contributed by atoms with Gasteiger partial charge < -0.3 is 15.0 Å². The van der Waals surface area contributed by atoms with Crippen LogP contribution in [0.3, 0.4) is 0 Å². The minimum atomic E-state index is -0.508. The van der Waals surface area contributed by atoms with Crippen molar-refractivity contribution in [2.45, 2.75) is 32.4 Å². The number of aliphatic hydroxyl groups excluding tert-OH is 1. The summed E-state index contributed by atoms with van der Waals surface area (Å²) in [6, 6.07) is 21.0. The van der Waals surface area contributed by atoms with E-state index in [-0.39, 0.29) is 0 Å². The van der Waals surface area contributed by atoms with Gasteiger partial charge in [-0.2, -0.15) is 0 Å². The van der Waals surface area contributed by atoms with E-state index in [1.165, 1.54) is 16.3 Å². The minimum absolute atomic E-state index is 0.495. The van der Waals surface area contributed by atoms with E-state index in [0.717, 1.165) is 25.7 Å². The van der Waals surface area contributed by atoms with Crippen molar-refractivity contribution in [1.82, 2.24) is 4.57 Å². The fourth-order valence-electron chi connectivity index (χ4n) is 3.74. The zero-order chi connectivity index (χ0) is 20.5. The Balaban J connectivity index is 1.56. The number of benzene rings is 3. The number of nitrogens with zero attached hydrogens (tertiary/aromatic N) is 1. The van der Waals surface area contributed by atoms with Gasteiger partial charge in [-0.25, -0.2) is 0 Å². The Morgan fingerprint density at radius 3 is 1.93 bits per heavy atom. The molecular weight excluding hydrogens is 492 g/mol. The molecule has 0 saturated heterocycles. The van der Waals surface area contributed by atoms with Gasteiger partial charge >= 0.3 is 0 Å². The van der Waals surface area contributed by atoms with Crippen LogP contribution >= 0.6 is 31.9 Å². The summed E-state index contributed by atoms with van der Waals surface area (Å²) in [6.45, 7) is 5.40. The molecule has 1 unspecified atom stereocenters. The van der Waals surface area contributed by atoms with Gasteiger partial charge in [0.15, 0.2) is 0 Å². The number of halogens is 2. The van der Waals surface area contributed by atoms with Crippen molar-refractivity contribution in [1.29, 1.82) is 0 Å². The van der Waals surface area contributed by atoms with Crippen molar-refractivity contribution in [2.75, 3.05) is 11.9 Å². The average Bonchev–Trinajstić information content (AvgIpc) is 2.99. The van der Waals surface area contributed by atoms with Crippen LogP contribution in [-0.2, 0) is 6.54 Å². The summed E-state index contributed by atoms with van der Waals surface area (Å²) < 4.78 is 4.31. The van der Waals surface area contributed by atoms with E-state index in [4.69, 9.17) is 0 Å². The SMILES string of the molecule is CC(C)c1ccc(NCC(O)Cn2c3ccc(Br)cc3c3cc(Br)ccc32)cc1. The highest BCUT2D eigenvalue weighted by Crippen LogP contribution is 2.33. The Morgan fingerprint density at radius 2 is 1.41 bits per heavy atom. The molecule has 29 heavy (non-hydrogen) atoms. The van der Waals surface area contributed by atoms with Crippen LogP contribution in [0.5, 0.6) is 0 Å². The molecule has 5 heteroatoms. The molecule has 3 nitrogen and oxygen atoms in total. The van der Waals surface area contributed by atoms with Crippen LogP contribution in [0.2, 0.25) is 0 Å². The lowest BCUT2D eigenvalue weighted by Crippen LogP contribution is -2.24. The first-order valence-corrected chi connectivity index (χ1v) is 11.4. The lowest BCUT2D eigenvalue weighted by atomic mass is 10.0. The molecule has 0 amide bonds. The third-order valence-electron chi connectivity index (χ3n) is 5.30. The highest BCUT2D eigenvalue weighted by molar-refractivity contribution is 9.10. The molecule has 0 aliphatic carbocycles. The molecule has 1 atom stereocenters. The lowest BCUT2D eigenvalue weighted by molar-refractivity contribution is 0.169. The van der Waals surface area contributed by atoms with Crippen LogP contribution < -0.4 is 5.32 Å². The van der Waals surface area contributed by atoms with Crippen molar-refractivity contribution in [3.63, 3.8) is 0 Å². The molecule has 0 saturated carbocycles. The normalized spacial score (nSPS) is 12.8. The first kappa shape index (κ1) is 20.5. The van der Waals surface area contributed by atoms with Gasteiger partial charge in [-0.1, -0.05) is 57.8 Å². The third-order valence-corrected chi connectivity index (χ3v) is 6.29. The van der Waals surface area contributed by atoms with Gasteiger partial charge in [-0.05, 0) is 60.0 Å². The molecule has 2 N–H and O–H groups in total. The number of aromatic nitrogens is 1. The van der Waals surface area contributed by atoms with E-state index in [0.29, 0.717) is 19.0 Å². The second kappa shape index (κ2) is 8.50. The first-order chi connectivity index (χ1) is 13.9. The van der Waals surface area contributed by atoms with Crippen LogP contribution in [0.1, 0.15) is 25.3 Å². The standard InChI is InChI=1S/C24H24Br2N2O/c1-15(2)16-3-7-19(8-4-16)27-13-20(29)14-28-23-9-5-17(25)11-21(23)22-12-18(26)6-10-24(22)28/h3-12,15,20,27,29H,13-14H2,1-2H3. The highest BCUT2D eigenvalue weighted by atomic mass is 79.9. The number of rotatable bonds is 6. The van der Waals surface area contributed by atoms with Crippen LogP contribution in [0.25, 0.3) is 21.8 Å².